The molecule has 0 aliphatic carbocycles. The summed E-state index contributed by atoms with van der Waals surface area (Å²) in [6.45, 7) is 12.0. The Morgan fingerprint density at radius 1 is 1.13 bits per heavy atom. The smallest absolute Gasteiger partial charge is 0.236 e. The number of piperazine rings is 1. The molecule has 1 amide bonds. The maximum Gasteiger partial charge on any atom is 0.236 e. The van der Waals surface area contributed by atoms with E-state index in [1.165, 1.54) is 11.1 Å². The second-order valence-electron chi connectivity index (χ2n) is 8.00. The molecule has 3 rings (SSSR count). The predicted octanol–water partition coefficient (Wildman–Crippen LogP) is 1.77. The first kappa shape index (κ1) is 24.9. The van der Waals surface area contributed by atoms with Crippen LogP contribution in [0.15, 0.2) is 29.3 Å². The number of guanidine groups is 1. The molecule has 8 heteroatoms. The number of benzene rings is 1. The average Bonchev–Trinajstić information content (AvgIpc) is 2.75. The van der Waals surface area contributed by atoms with Gasteiger partial charge in [0, 0.05) is 52.9 Å². The number of aryl methyl sites for hydroxylation is 1. The molecule has 0 aromatic heterocycles. The maximum atomic E-state index is 12.5. The Labute approximate surface area is 197 Å². The summed E-state index contributed by atoms with van der Waals surface area (Å²) < 4.78 is 5.33. The van der Waals surface area contributed by atoms with Gasteiger partial charge in [0.2, 0.25) is 5.91 Å². The molecule has 1 N–H and O–H groups in total. The lowest BCUT2D eigenvalue weighted by Gasteiger charge is -2.37. The van der Waals surface area contributed by atoms with Crippen LogP contribution in [0.25, 0.3) is 0 Å². The minimum absolute atomic E-state index is 0. The number of hydrogen-bond donors (Lipinski definition) is 1. The van der Waals surface area contributed by atoms with E-state index in [-0.39, 0.29) is 29.9 Å². The lowest BCUT2D eigenvalue weighted by Crippen LogP contribution is -2.55. The molecule has 2 fully saturated rings. The van der Waals surface area contributed by atoms with E-state index >= 15 is 0 Å². The molecule has 30 heavy (non-hydrogen) atoms. The third-order valence-electron chi connectivity index (χ3n) is 5.78. The number of nitrogens with one attached hydrogen (secondary N) is 1. The van der Waals surface area contributed by atoms with Crippen LogP contribution in [0.3, 0.4) is 0 Å². The highest BCUT2D eigenvalue weighted by molar-refractivity contribution is 14.0. The van der Waals surface area contributed by atoms with Crippen LogP contribution in [-0.2, 0) is 9.53 Å². The zero-order chi connectivity index (χ0) is 20.6. The molecule has 1 aromatic carbocycles. The van der Waals surface area contributed by atoms with Crippen LogP contribution >= 0.6 is 24.0 Å². The van der Waals surface area contributed by atoms with Gasteiger partial charge in [-0.2, -0.15) is 0 Å². The van der Waals surface area contributed by atoms with Crippen molar-refractivity contribution < 1.29 is 9.53 Å². The number of carbonyl (C=O) groups is 1. The van der Waals surface area contributed by atoms with Crippen LogP contribution in [0, 0.1) is 6.92 Å². The summed E-state index contributed by atoms with van der Waals surface area (Å²) in [7, 11) is 1.84. The van der Waals surface area contributed by atoms with Gasteiger partial charge in [-0.1, -0.05) is 36.8 Å². The van der Waals surface area contributed by atoms with Crippen molar-refractivity contribution in [1.29, 1.82) is 0 Å². The molecule has 0 radical (unpaired) electrons. The Bertz CT molecular complexity index is 701. The molecule has 168 valence electrons. The molecule has 0 saturated carbocycles. The highest BCUT2D eigenvalue weighted by Gasteiger charge is 2.24. The largest absolute Gasteiger partial charge is 0.378 e. The summed E-state index contributed by atoms with van der Waals surface area (Å²) in [4.78, 5) is 23.4. The van der Waals surface area contributed by atoms with Gasteiger partial charge in [-0.15, -0.1) is 24.0 Å². The Kier molecular flexibility index (Phi) is 10.3. The highest BCUT2D eigenvalue weighted by Crippen LogP contribution is 2.15. The Morgan fingerprint density at radius 2 is 1.83 bits per heavy atom. The minimum atomic E-state index is 0. The van der Waals surface area contributed by atoms with Gasteiger partial charge in [0.1, 0.15) is 0 Å². The van der Waals surface area contributed by atoms with E-state index in [4.69, 9.17) is 4.74 Å². The fourth-order valence-electron chi connectivity index (χ4n) is 3.89. The van der Waals surface area contributed by atoms with Gasteiger partial charge in [0.05, 0.1) is 19.8 Å². The highest BCUT2D eigenvalue weighted by atomic mass is 127. The number of aliphatic imine (C=N–C) groups is 1. The number of halogens is 1. The van der Waals surface area contributed by atoms with Crippen molar-refractivity contribution >= 4 is 35.8 Å². The number of carbonyl (C=O) groups excluding carboxylic acids is 1. The van der Waals surface area contributed by atoms with E-state index in [1.54, 1.807) is 0 Å². The molecule has 2 saturated heterocycles. The van der Waals surface area contributed by atoms with Gasteiger partial charge in [-0.05, 0) is 18.4 Å². The predicted molar refractivity (Wildman–Crippen MR) is 132 cm³/mol. The number of morpholine rings is 1. The minimum Gasteiger partial charge on any atom is -0.378 e. The Hall–Kier alpha value is -1.39. The quantitative estimate of drug-likeness (QED) is 0.358. The molecule has 1 aromatic rings. The van der Waals surface area contributed by atoms with Crippen molar-refractivity contribution in [1.82, 2.24) is 20.0 Å². The van der Waals surface area contributed by atoms with Gasteiger partial charge >= 0.3 is 0 Å². The molecule has 7 nitrogen and oxygen atoms in total. The lowest BCUT2D eigenvalue weighted by molar-refractivity contribution is -0.136. The number of nitrogens with zero attached hydrogens (tertiary/aromatic N) is 4. The van der Waals surface area contributed by atoms with Crippen LogP contribution in [0.1, 0.15) is 24.0 Å². The zero-order valence-corrected chi connectivity index (χ0v) is 20.8. The topological polar surface area (TPSA) is 60.4 Å². The van der Waals surface area contributed by atoms with E-state index in [9.17, 15) is 4.79 Å². The SMILES string of the molecule is CN=C(NCC(C)c1cccc(C)c1)N1CCN(CC(=O)N2CCOCC2)CC1.I. The third kappa shape index (κ3) is 7.09. The summed E-state index contributed by atoms with van der Waals surface area (Å²) in [6, 6.07) is 8.69. The average molecular weight is 529 g/mol. The van der Waals surface area contributed by atoms with Crippen molar-refractivity contribution in [2.45, 2.75) is 19.8 Å². The van der Waals surface area contributed by atoms with Crippen LogP contribution in [0.2, 0.25) is 0 Å². The van der Waals surface area contributed by atoms with Crippen molar-refractivity contribution in [2.24, 2.45) is 4.99 Å². The number of amides is 1. The third-order valence-corrected chi connectivity index (χ3v) is 5.78. The van der Waals surface area contributed by atoms with Gasteiger partial charge in [0.25, 0.3) is 0 Å². The van der Waals surface area contributed by atoms with Crippen molar-refractivity contribution in [2.75, 3.05) is 72.6 Å². The number of rotatable bonds is 5. The lowest BCUT2D eigenvalue weighted by atomic mass is 9.99. The molecule has 2 aliphatic heterocycles. The van der Waals surface area contributed by atoms with Crippen LogP contribution in [0.4, 0.5) is 0 Å². The van der Waals surface area contributed by atoms with Gasteiger partial charge in [-0.25, -0.2) is 0 Å². The molecule has 1 atom stereocenters. The molecule has 2 aliphatic rings. The standard InChI is InChI=1S/C22H35N5O2.HI/c1-18-5-4-6-20(15-18)19(2)16-24-22(23-3)27-9-7-25(8-10-27)17-21(28)26-11-13-29-14-12-26;/h4-6,15,19H,7-14,16-17H2,1-3H3,(H,23,24);1H. The van der Waals surface area contributed by atoms with Crippen LogP contribution < -0.4 is 5.32 Å². The Morgan fingerprint density at radius 3 is 2.47 bits per heavy atom. The van der Waals surface area contributed by atoms with Gasteiger partial charge < -0.3 is 19.9 Å². The normalized spacial score (nSPS) is 19.2. The Balaban J connectivity index is 0.00000320. The first-order chi connectivity index (χ1) is 14.1. The summed E-state index contributed by atoms with van der Waals surface area (Å²) in [6.07, 6.45) is 0. The van der Waals surface area contributed by atoms with E-state index in [1.807, 2.05) is 11.9 Å². The number of hydrogen-bond acceptors (Lipinski definition) is 4. The fourth-order valence-corrected chi connectivity index (χ4v) is 3.89. The summed E-state index contributed by atoms with van der Waals surface area (Å²) >= 11 is 0. The van der Waals surface area contributed by atoms with Crippen molar-refractivity contribution in [3.8, 4) is 0 Å². The molecule has 2 heterocycles. The monoisotopic (exact) mass is 529 g/mol. The van der Waals surface area contributed by atoms with E-state index in [0.717, 1.165) is 38.7 Å². The molecule has 0 spiro atoms. The van der Waals surface area contributed by atoms with Crippen LogP contribution in [-0.4, -0.2) is 99.2 Å². The molecule has 0 bridgehead atoms. The number of ether oxygens (including phenoxy) is 1. The molecular weight excluding hydrogens is 493 g/mol. The summed E-state index contributed by atoms with van der Waals surface area (Å²) in [5.74, 6) is 1.58. The maximum absolute atomic E-state index is 12.5. The summed E-state index contributed by atoms with van der Waals surface area (Å²) in [5.41, 5.74) is 2.64. The summed E-state index contributed by atoms with van der Waals surface area (Å²) in [5, 5.41) is 3.53. The van der Waals surface area contributed by atoms with E-state index in [2.05, 4.69) is 58.2 Å². The first-order valence-corrected chi connectivity index (χ1v) is 10.7. The second kappa shape index (κ2) is 12.5. The molecule has 1 unspecified atom stereocenters. The van der Waals surface area contributed by atoms with E-state index in [0.29, 0.717) is 38.8 Å². The van der Waals surface area contributed by atoms with Crippen LogP contribution in [0.5, 0.6) is 0 Å². The van der Waals surface area contributed by atoms with Gasteiger partial charge in [0.15, 0.2) is 5.96 Å². The van der Waals surface area contributed by atoms with Crippen molar-refractivity contribution in [3.05, 3.63) is 35.4 Å². The fraction of sp³-hybridized carbons (Fsp3) is 0.636. The van der Waals surface area contributed by atoms with Crippen molar-refractivity contribution in [3.63, 3.8) is 0 Å². The van der Waals surface area contributed by atoms with Gasteiger partial charge in [-0.3, -0.25) is 14.7 Å². The van der Waals surface area contributed by atoms with E-state index < -0.39 is 0 Å². The molecular formula is C22H36IN5O2. The second-order valence-corrected chi connectivity index (χ2v) is 8.00. The zero-order valence-electron chi connectivity index (χ0n) is 18.5. The first-order valence-electron chi connectivity index (χ1n) is 10.7.